The second-order valence-corrected chi connectivity index (χ2v) is 9.35. The third kappa shape index (κ3) is 3.94. The Morgan fingerprint density at radius 2 is 1.70 bits per heavy atom. The zero-order valence-electron chi connectivity index (χ0n) is 13.9. The first kappa shape index (κ1) is 17.6. The molecule has 0 saturated heterocycles. The van der Waals surface area contributed by atoms with E-state index in [2.05, 4.69) is 0 Å². The monoisotopic (exact) mass is 333 g/mol. The van der Waals surface area contributed by atoms with Crippen molar-refractivity contribution in [2.45, 2.75) is 25.9 Å². The molecule has 23 heavy (non-hydrogen) atoms. The Bertz CT molecular complexity index is 669. The molecule has 0 fully saturated rings. The molecule has 0 N–H and O–H groups in total. The number of aromatic nitrogens is 1. The highest BCUT2D eigenvalue weighted by Crippen LogP contribution is 2.60. The molecule has 0 aliphatic carbocycles. The zero-order valence-corrected chi connectivity index (χ0v) is 14.8. The molecule has 5 heteroatoms. The van der Waals surface area contributed by atoms with Crippen molar-refractivity contribution in [3.8, 4) is 5.75 Å². The average molecular weight is 333 g/mol. The van der Waals surface area contributed by atoms with E-state index >= 15 is 0 Å². The van der Waals surface area contributed by atoms with Crippen molar-refractivity contribution >= 4 is 13.0 Å². The van der Waals surface area contributed by atoms with Crippen LogP contribution >= 0.6 is 7.14 Å². The van der Waals surface area contributed by atoms with Crippen LogP contribution in [-0.4, -0.2) is 29.9 Å². The van der Waals surface area contributed by atoms with E-state index in [4.69, 9.17) is 4.74 Å². The van der Waals surface area contributed by atoms with Crippen LogP contribution in [-0.2, 0) is 4.57 Å². The van der Waals surface area contributed by atoms with Gasteiger partial charge in [-0.25, -0.2) is 0 Å². The van der Waals surface area contributed by atoms with E-state index in [1.807, 2.05) is 50.2 Å². The maximum absolute atomic E-state index is 13.3. The fourth-order valence-electron chi connectivity index (χ4n) is 2.82. The molecule has 124 valence electrons. The van der Waals surface area contributed by atoms with Crippen LogP contribution in [0.3, 0.4) is 0 Å². The Balaban J connectivity index is 2.35. The SMILES string of the molecule is CCP(=O)(CC)[C@@H](CC(=O)n1cccc1)c1ccc(OC)cc1. The van der Waals surface area contributed by atoms with Crippen molar-refractivity contribution in [1.82, 2.24) is 4.57 Å². The van der Waals surface area contributed by atoms with E-state index in [1.165, 1.54) is 0 Å². The molecular weight excluding hydrogens is 309 g/mol. The molecule has 2 rings (SSSR count). The van der Waals surface area contributed by atoms with E-state index in [1.54, 1.807) is 24.1 Å². The summed E-state index contributed by atoms with van der Waals surface area (Å²) in [5.74, 6) is 0.727. The number of ether oxygens (including phenoxy) is 1. The Kier molecular flexibility index (Phi) is 5.84. The highest BCUT2D eigenvalue weighted by molar-refractivity contribution is 7.64. The summed E-state index contributed by atoms with van der Waals surface area (Å²) in [5.41, 5.74) is 0.691. The van der Waals surface area contributed by atoms with Crippen molar-refractivity contribution in [2.24, 2.45) is 0 Å². The predicted molar refractivity (Wildman–Crippen MR) is 94.1 cm³/mol. The lowest BCUT2D eigenvalue weighted by atomic mass is 10.1. The van der Waals surface area contributed by atoms with Crippen LogP contribution < -0.4 is 4.74 Å². The molecule has 0 aliphatic heterocycles. The van der Waals surface area contributed by atoms with Crippen molar-refractivity contribution in [2.75, 3.05) is 19.4 Å². The molecular formula is C18H24NO3P. The summed E-state index contributed by atoms with van der Waals surface area (Å²) >= 11 is 0. The maximum Gasteiger partial charge on any atom is 0.231 e. The van der Waals surface area contributed by atoms with Crippen LogP contribution in [0.25, 0.3) is 0 Å². The summed E-state index contributed by atoms with van der Waals surface area (Å²) in [6, 6.07) is 11.2. The van der Waals surface area contributed by atoms with Crippen LogP contribution in [0, 0.1) is 0 Å². The lowest BCUT2D eigenvalue weighted by Crippen LogP contribution is -2.15. The number of carbonyl (C=O) groups is 1. The van der Waals surface area contributed by atoms with Gasteiger partial charge >= 0.3 is 0 Å². The summed E-state index contributed by atoms with van der Waals surface area (Å²) in [7, 11) is -0.851. The van der Waals surface area contributed by atoms with Crippen molar-refractivity contribution < 1.29 is 14.1 Å². The van der Waals surface area contributed by atoms with E-state index < -0.39 is 7.14 Å². The summed E-state index contributed by atoms with van der Waals surface area (Å²) in [6.45, 7) is 3.89. The fraction of sp³-hybridized carbons (Fsp3) is 0.389. The Labute approximate surface area is 137 Å². The smallest absolute Gasteiger partial charge is 0.231 e. The first-order chi connectivity index (χ1) is 11.0. The van der Waals surface area contributed by atoms with Gasteiger partial charge in [-0.15, -0.1) is 0 Å². The molecule has 0 amide bonds. The van der Waals surface area contributed by atoms with Crippen LogP contribution in [0.15, 0.2) is 48.8 Å². The maximum atomic E-state index is 13.3. The lowest BCUT2D eigenvalue weighted by Gasteiger charge is -2.26. The number of benzene rings is 1. The molecule has 2 aromatic rings. The van der Waals surface area contributed by atoms with Crippen LogP contribution in [0.1, 0.15) is 36.3 Å². The number of hydrogen-bond acceptors (Lipinski definition) is 3. The van der Waals surface area contributed by atoms with Gasteiger partial charge in [0.05, 0.1) is 14.3 Å². The molecule has 0 saturated carbocycles. The Morgan fingerprint density at radius 3 is 2.17 bits per heavy atom. The van der Waals surface area contributed by atoms with Gasteiger partial charge in [0, 0.05) is 24.5 Å². The summed E-state index contributed by atoms with van der Waals surface area (Å²) in [5, 5.41) is 0. The number of methoxy groups -OCH3 is 1. The van der Waals surface area contributed by atoms with Gasteiger partial charge in [0.25, 0.3) is 0 Å². The predicted octanol–water partition coefficient (Wildman–Crippen LogP) is 4.67. The number of rotatable bonds is 7. The van der Waals surface area contributed by atoms with E-state index in [0.717, 1.165) is 11.3 Å². The average Bonchev–Trinajstić information content (AvgIpc) is 3.13. The van der Waals surface area contributed by atoms with Gasteiger partial charge in [-0.3, -0.25) is 9.36 Å². The minimum absolute atomic E-state index is 0.0297. The topological polar surface area (TPSA) is 48.3 Å². The molecule has 0 spiro atoms. The van der Waals surface area contributed by atoms with Gasteiger partial charge in [0.2, 0.25) is 5.91 Å². The summed E-state index contributed by atoms with van der Waals surface area (Å²) < 4.78 is 20.1. The molecule has 1 atom stereocenters. The molecule has 1 heterocycles. The van der Waals surface area contributed by atoms with Crippen molar-refractivity contribution in [3.63, 3.8) is 0 Å². The Hall–Kier alpha value is -1.80. The van der Waals surface area contributed by atoms with Gasteiger partial charge in [0.1, 0.15) is 5.75 Å². The van der Waals surface area contributed by atoms with E-state index in [9.17, 15) is 9.36 Å². The minimum atomic E-state index is -2.47. The first-order valence-corrected chi connectivity index (χ1v) is 10.1. The molecule has 1 aromatic carbocycles. The third-order valence-electron chi connectivity index (χ3n) is 4.40. The third-order valence-corrected chi connectivity index (χ3v) is 8.16. The zero-order chi connectivity index (χ0) is 16.9. The molecule has 0 radical (unpaired) electrons. The lowest BCUT2D eigenvalue weighted by molar-refractivity contribution is 0.0901. The largest absolute Gasteiger partial charge is 0.497 e. The first-order valence-electron chi connectivity index (χ1n) is 7.92. The number of hydrogen-bond donors (Lipinski definition) is 0. The second kappa shape index (κ2) is 7.65. The number of carbonyl (C=O) groups excluding carboxylic acids is 1. The minimum Gasteiger partial charge on any atom is -0.497 e. The Morgan fingerprint density at radius 1 is 1.13 bits per heavy atom. The highest BCUT2D eigenvalue weighted by atomic mass is 31.2. The van der Waals surface area contributed by atoms with Crippen LogP contribution in [0.5, 0.6) is 5.75 Å². The number of nitrogens with zero attached hydrogens (tertiary/aromatic N) is 1. The molecule has 1 aromatic heterocycles. The highest BCUT2D eigenvalue weighted by Gasteiger charge is 2.33. The van der Waals surface area contributed by atoms with Crippen LogP contribution in [0.2, 0.25) is 0 Å². The molecule has 0 aliphatic rings. The van der Waals surface area contributed by atoms with Gasteiger partial charge < -0.3 is 9.30 Å². The van der Waals surface area contributed by atoms with E-state index in [-0.39, 0.29) is 18.0 Å². The molecule has 0 unspecified atom stereocenters. The quantitative estimate of drug-likeness (QED) is 0.692. The van der Waals surface area contributed by atoms with Gasteiger partial charge in [-0.2, -0.15) is 0 Å². The van der Waals surface area contributed by atoms with Gasteiger partial charge in [-0.05, 0) is 42.2 Å². The van der Waals surface area contributed by atoms with E-state index in [0.29, 0.717) is 12.3 Å². The van der Waals surface area contributed by atoms with Crippen molar-refractivity contribution in [3.05, 3.63) is 54.4 Å². The standard InChI is InChI=1S/C18H24NO3P/c1-4-23(21,5-2)17(14-18(20)19-12-6-7-13-19)15-8-10-16(22-3)11-9-15/h6-13,17H,4-5,14H2,1-3H3/t17-/m0/s1. The van der Waals surface area contributed by atoms with Crippen molar-refractivity contribution in [1.29, 1.82) is 0 Å². The van der Waals surface area contributed by atoms with Gasteiger partial charge in [-0.1, -0.05) is 26.0 Å². The summed E-state index contributed by atoms with van der Waals surface area (Å²) in [6.07, 6.45) is 4.91. The van der Waals surface area contributed by atoms with Gasteiger partial charge in [0.15, 0.2) is 0 Å². The van der Waals surface area contributed by atoms with Crippen LogP contribution in [0.4, 0.5) is 0 Å². The second-order valence-electron chi connectivity index (χ2n) is 5.56. The fourth-order valence-corrected chi connectivity index (χ4v) is 5.35. The molecule has 0 bridgehead atoms. The molecule has 4 nitrogen and oxygen atoms in total. The normalized spacial score (nSPS) is 12.8. The summed E-state index contributed by atoms with van der Waals surface area (Å²) in [4.78, 5) is 12.5.